The molecule has 0 spiro atoms. The highest BCUT2D eigenvalue weighted by molar-refractivity contribution is 14.1. The Morgan fingerprint density at radius 2 is 1.74 bits per heavy atom. The largest absolute Gasteiger partial charge is 0.493 e. The van der Waals surface area contributed by atoms with Crippen LogP contribution in [0.1, 0.15) is 37.0 Å². The number of hydrogen-bond donors (Lipinski definition) is 1. The van der Waals surface area contributed by atoms with Crippen molar-refractivity contribution in [3.05, 3.63) is 21.3 Å². The molecule has 0 aliphatic heterocycles. The van der Waals surface area contributed by atoms with Gasteiger partial charge in [0.25, 0.3) is 5.91 Å². The van der Waals surface area contributed by atoms with E-state index in [9.17, 15) is 9.59 Å². The maximum Gasteiger partial charge on any atom is 0.331 e. The standard InChI is InChI=1S/C16H22INO5/c1-6-7-16(2,15(20)23-5)18-14(19)10-8-12(21-3)13(22-4)9-11(10)17/h8-9H,6-7H2,1-5H3,(H,18,19). The molecule has 6 nitrogen and oxygen atoms in total. The van der Waals surface area contributed by atoms with Crippen LogP contribution in [0.25, 0.3) is 0 Å². The minimum absolute atomic E-state index is 0.364. The number of amides is 1. The maximum atomic E-state index is 12.6. The lowest BCUT2D eigenvalue weighted by atomic mass is 9.95. The molecule has 0 heterocycles. The smallest absolute Gasteiger partial charge is 0.331 e. The van der Waals surface area contributed by atoms with E-state index in [1.54, 1.807) is 19.1 Å². The summed E-state index contributed by atoms with van der Waals surface area (Å²) < 4.78 is 16.0. The molecule has 1 N–H and O–H groups in total. The summed E-state index contributed by atoms with van der Waals surface area (Å²) in [4.78, 5) is 24.6. The number of esters is 1. The first-order chi connectivity index (χ1) is 10.8. The van der Waals surface area contributed by atoms with Crippen molar-refractivity contribution in [2.75, 3.05) is 21.3 Å². The highest BCUT2D eigenvalue weighted by Crippen LogP contribution is 2.31. The second kappa shape index (κ2) is 8.37. The predicted molar refractivity (Wildman–Crippen MR) is 95.1 cm³/mol. The van der Waals surface area contributed by atoms with Crippen molar-refractivity contribution in [3.63, 3.8) is 0 Å². The molecule has 0 saturated carbocycles. The summed E-state index contributed by atoms with van der Waals surface area (Å²) in [6, 6.07) is 3.31. The summed E-state index contributed by atoms with van der Waals surface area (Å²) in [5, 5.41) is 2.78. The Morgan fingerprint density at radius 3 is 2.22 bits per heavy atom. The second-order valence-electron chi connectivity index (χ2n) is 5.21. The van der Waals surface area contributed by atoms with Gasteiger partial charge in [-0.1, -0.05) is 13.3 Å². The fraction of sp³-hybridized carbons (Fsp3) is 0.500. The number of carbonyl (C=O) groups excluding carboxylic acids is 2. The average Bonchev–Trinajstić information content (AvgIpc) is 2.53. The second-order valence-corrected chi connectivity index (χ2v) is 6.38. The first kappa shape index (κ1) is 19.5. The zero-order valence-electron chi connectivity index (χ0n) is 14.0. The van der Waals surface area contributed by atoms with Gasteiger partial charge in [-0.05, 0) is 48.1 Å². The van der Waals surface area contributed by atoms with Crippen molar-refractivity contribution in [3.8, 4) is 11.5 Å². The Morgan fingerprint density at radius 1 is 1.17 bits per heavy atom. The molecule has 0 saturated heterocycles. The Hall–Kier alpha value is -1.51. The van der Waals surface area contributed by atoms with Gasteiger partial charge < -0.3 is 19.5 Å². The van der Waals surface area contributed by atoms with E-state index >= 15 is 0 Å². The van der Waals surface area contributed by atoms with Gasteiger partial charge in [-0.2, -0.15) is 0 Å². The molecule has 0 bridgehead atoms. The van der Waals surface area contributed by atoms with E-state index in [4.69, 9.17) is 14.2 Å². The number of rotatable bonds is 7. The molecule has 1 aromatic carbocycles. The van der Waals surface area contributed by atoms with Crippen LogP contribution in [-0.2, 0) is 9.53 Å². The van der Waals surface area contributed by atoms with E-state index in [1.165, 1.54) is 21.3 Å². The topological polar surface area (TPSA) is 73.9 Å². The lowest BCUT2D eigenvalue weighted by Gasteiger charge is -2.27. The molecular formula is C16H22INO5. The predicted octanol–water partition coefficient (Wildman–Crippen LogP) is 2.77. The van der Waals surface area contributed by atoms with Crippen molar-refractivity contribution in [1.82, 2.24) is 5.32 Å². The highest BCUT2D eigenvalue weighted by Gasteiger charge is 2.35. The molecular weight excluding hydrogens is 413 g/mol. The summed E-state index contributed by atoms with van der Waals surface area (Å²) in [6.45, 7) is 3.60. The molecule has 0 aliphatic rings. The zero-order valence-corrected chi connectivity index (χ0v) is 16.1. The lowest BCUT2D eigenvalue weighted by molar-refractivity contribution is -0.147. The quantitative estimate of drug-likeness (QED) is 0.527. The van der Waals surface area contributed by atoms with Crippen LogP contribution in [-0.4, -0.2) is 38.7 Å². The molecule has 1 aromatic rings. The summed E-state index contributed by atoms with van der Waals surface area (Å²) in [5.41, 5.74) is -0.661. The van der Waals surface area contributed by atoms with E-state index in [-0.39, 0.29) is 5.91 Å². The van der Waals surface area contributed by atoms with Gasteiger partial charge in [0.1, 0.15) is 5.54 Å². The molecule has 128 valence electrons. The first-order valence-electron chi connectivity index (χ1n) is 7.15. The maximum absolute atomic E-state index is 12.6. The fourth-order valence-electron chi connectivity index (χ4n) is 2.29. The van der Waals surface area contributed by atoms with Crippen molar-refractivity contribution in [2.24, 2.45) is 0 Å². The number of carbonyl (C=O) groups is 2. The SMILES string of the molecule is CCCC(C)(NC(=O)c1cc(OC)c(OC)cc1I)C(=O)OC. The van der Waals surface area contributed by atoms with Crippen LogP contribution in [0.2, 0.25) is 0 Å². The third kappa shape index (κ3) is 4.49. The van der Waals surface area contributed by atoms with Gasteiger partial charge >= 0.3 is 5.97 Å². The molecule has 1 rings (SSSR count). The molecule has 0 aromatic heterocycles. The Balaban J connectivity index is 3.16. The van der Waals surface area contributed by atoms with Crippen LogP contribution in [0.4, 0.5) is 0 Å². The Kier molecular flexibility index (Phi) is 7.11. The van der Waals surface area contributed by atoms with Crippen LogP contribution in [0.15, 0.2) is 12.1 Å². The molecule has 7 heteroatoms. The lowest BCUT2D eigenvalue weighted by Crippen LogP contribution is -2.52. The minimum atomic E-state index is -1.07. The normalized spacial score (nSPS) is 13.0. The van der Waals surface area contributed by atoms with Crippen molar-refractivity contribution in [1.29, 1.82) is 0 Å². The number of benzene rings is 1. The van der Waals surface area contributed by atoms with Gasteiger partial charge in [-0.15, -0.1) is 0 Å². The summed E-state index contributed by atoms with van der Waals surface area (Å²) in [6.07, 6.45) is 1.21. The van der Waals surface area contributed by atoms with E-state index in [1.807, 2.05) is 29.5 Å². The van der Waals surface area contributed by atoms with Crippen molar-refractivity contribution >= 4 is 34.5 Å². The Labute approximate surface area is 150 Å². The molecule has 23 heavy (non-hydrogen) atoms. The minimum Gasteiger partial charge on any atom is -0.493 e. The number of ether oxygens (including phenoxy) is 3. The molecule has 0 radical (unpaired) electrons. The summed E-state index contributed by atoms with van der Waals surface area (Å²) in [5.74, 6) is 0.158. The zero-order chi connectivity index (χ0) is 17.6. The number of nitrogens with one attached hydrogen (secondary N) is 1. The van der Waals surface area contributed by atoms with Crippen LogP contribution < -0.4 is 14.8 Å². The van der Waals surface area contributed by atoms with E-state index < -0.39 is 11.5 Å². The van der Waals surface area contributed by atoms with Crippen molar-refractivity contribution in [2.45, 2.75) is 32.2 Å². The van der Waals surface area contributed by atoms with Gasteiger partial charge in [0.15, 0.2) is 11.5 Å². The average molecular weight is 435 g/mol. The number of hydrogen-bond acceptors (Lipinski definition) is 5. The number of halogens is 1. The summed E-state index contributed by atoms with van der Waals surface area (Å²) in [7, 11) is 4.34. The van der Waals surface area contributed by atoms with E-state index in [0.717, 1.165) is 6.42 Å². The third-order valence-electron chi connectivity index (χ3n) is 3.49. The van der Waals surface area contributed by atoms with E-state index in [2.05, 4.69) is 5.32 Å². The van der Waals surface area contributed by atoms with Gasteiger partial charge in [0.2, 0.25) is 0 Å². The molecule has 1 amide bonds. The molecule has 0 aliphatic carbocycles. The van der Waals surface area contributed by atoms with Gasteiger partial charge in [0, 0.05) is 3.57 Å². The molecule has 1 unspecified atom stereocenters. The highest BCUT2D eigenvalue weighted by atomic mass is 127. The number of methoxy groups -OCH3 is 3. The van der Waals surface area contributed by atoms with Gasteiger partial charge in [0.05, 0.1) is 26.9 Å². The third-order valence-corrected chi connectivity index (χ3v) is 4.39. The van der Waals surface area contributed by atoms with Crippen LogP contribution in [0.3, 0.4) is 0 Å². The molecule has 0 fully saturated rings. The van der Waals surface area contributed by atoms with Crippen LogP contribution >= 0.6 is 22.6 Å². The summed E-state index contributed by atoms with van der Waals surface area (Å²) >= 11 is 2.04. The van der Waals surface area contributed by atoms with Crippen LogP contribution in [0.5, 0.6) is 11.5 Å². The van der Waals surface area contributed by atoms with Gasteiger partial charge in [-0.25, -0.2) is 4.79 Å². The van der Waals surface area contributed by atoms with Crippen LogP contribution in [0, 0.1) is 3.57 Å². The van der Waals surface area contributed by atoms with Crippen molar-refractivity contribution < 1.29 is 23.8 Å². The fourth-order valence-corrected chi connectivity index (χ4v) is 2.97. The molecule has 1 atom stereocenters. The van der Waals surface area contributed by atoms with E-state index in [0.29, 0.717) is 27.1 Å². The van der Waals surface area contributed by atoms with Gasteiger partial charge in [-0.3, -0.25) is 4.79 Å². The monoisotopic (exact) mass is 435 g/mol. The first-order valence-corrected chi connectivity index (χ1v) is 8.23. The Bertz CT molecular complexity index is 590.